The molecule has 0 atom stereocenters. The highest BCUT2D eigenvalue weighted by Gasteiger charge is 2.40. The quantitative estimate of drug-likeness (QED) is 0.682. The van der Waals surface area contributed by atoms with Gasteiger partial charge < -0.3 is 4.42 Å². The van der Waals surface area contributed by atoms with Crippen molar-refractivity contribution >= 4 is 16.8 Å². The summed E-state index contributed by atoms with van der Waals surface area (Å²) in [6.45, 7) is 0. The van der Waals surface area contributed by atoms with E-state index in [0.717, 1.165) is 6.26 Å². The molecule has 5 heteroatoms. The van der Waals surface area contributed by atoms with Crippen molar-refractivity contribution in [2.75, 3.05) is 0 Å². The normalized spacial score (nSPS) is 11.9. The lowest BCUT2D eigenvalue weighted by molar-refractivity contribution is -0.0884. The highest BCUT2D eigenvalue weighted by molar-refractivity contribution is 6.09. The summed E-state index contributed by atoms with van der Waals surface area (Å²) >= 11 is 0. The molecule has 0 unspecified atom stereocenters. The smallest absolute Gasteiger partial charge is 0.455 e. The van der Waals surface area contributed by atoms with Crippen LogP contribution in [0, 0.1) is 0 Å². The highest BCUT2D eigenvalue weighted by atomic mass is 19.4. The lowest BCUT2D eigenvalue weighted by atomic mass is 10.1. The van der Waals surface area contributed by atoms with Crippen LogP contribution in [0.25, 0.3) is 11.0 Å². The fourth-order valence-corrected chi connectivity index (χ4v) is 1.31. The predicted molar refractivity (Wildman–Crippen MR) is 46.6 cm³/mol. The summed E-state index contributed by atoms with van der Waals surface area (Å²) in [5.41, 5.74) is -0.178. The lowest BCUT2D eigenvalue weighted by Crippen LogP contribution is -2.22. The van der Waals surface area contributed by atoms with Crippen molar-refractivity contribution in [2.24, 2.45) is 0 Å². The van der Waals surface area contributed by atoms with Gasteiger partial charge in [-0.25, -0.2) is 0 Å². The molecule has 0 spiro atoms. The van der Waals surface area contributed by atoms with Crippen LogP contribution in [-0.2, 0) is 0 Å². The number of benzene rings is 1. The first-order valence-electron chi connectivity index (χ1n) is 4.08. The molecule has 0 saturated heterocycles. The van der Waals surface area contributed by atoms with Crippen molar-refractivity contribution in [3.8, 4) is 0 Å². The van der Waals surface area contributed by atoms with Gasteiger partial charge in [-0.1, -0.05) is 18.2 Å². The summed E-state index contributed by atoms with van der Waals surface area (Å²) in [6.07, 6.45) is -4.03. The molecular weight excluding hydrogens is 209 g/mol. The van der Waals surface area contributed by atoms with Gasteiger partial charge in [0.2, 0.25) is 0 Å². The fourth-order valence-electron chi connectivity index (χ4n) is 1.31. The van der Waals surface area contributed by atoms with Crippen LogP contribution in [0.15, 0.2) is 34.9 Å². The largest absolute Gasteiger partial charge is 0.464 e. The monoisotopic (exact) mass is 214 g/mol. The first-order valence-corrected chi connectivity index (χ1v) is 4.08. The van der Waals surface area contributed by atoms with Crippen molar-refractivity contribution in [1.82, 2.24) is 0 Å². The standard InChI is InChI=1S/C10H5F3O2/c11-10(12,13)9(14)7-5-15-8-4-2-1-3-6(7)8/h1-5H. The predicted octanol–water partition coefficient (Wildman–Crippen LogP) is 3.18. The maximum absolute atomic E-state index is 12.1. The Bertz CT molecular complexity index is 511. The number of alkyl halides is 3. The van der Waals surface area contributed by atoms with Gasteiger partial charge in [-0.15, -0.1) is 0 Å². The number of hydrogen-bond donors (Lipinski definition) is 0. The minimum Gasteiger partial charge on any atom is -0.464 e. The average molecular weight is 214 g/mol. The molecule has 0 aliphatic rings. The van der Waals surface area contributed by atoms with Gasteiger partial charge in [-0.2, -0.15) is 13.2 Å². The first-order chi connectivity index (χ1) is 7.00. The molecule has 78 valence electrons. The number of hydrogen-bond acceptors (Lipinski definition) is 2. The molecule has 15 heavy (non-hydrogen) atoms. The molecule has 0 fully saturated rings. The van der Waals surface area contributed by atoms with Gasteiger partial charge in [0.25, 0.3) is 5.78 Å². The zero-order chi connectivity index (χ0) is 11.1. The van der Waals surface area contributed by atoms with Crippen molar-refractivity contribution in [3.05, 3.63) is 36.1 Å². The fraction of sp³-hybridized carbons (Fsp3) is 0.100. The topological polar surface area (TPSA) is 30.2 Å². The number of rotatable bonds is 1. The molecule has 1 aromatic carbocycles. The van der Waals surface area contributed by atoms with E-state index >= 15 is 0 Å². The molecule has 2 aromatic rings. The molecule has 1 aromatic heterocycles. The van der Waals surface area contributed by atoms with Gasteiger partial charge in [0, 0.05) is 5.39 Å². The van der Waals surface area contributed by atoms with Crippen LogP contribution in [0.4, 0.5) is 13.2 Å². The third-order valence-electron chi connectivity index (χ3n) is 1.98. The third-order valence-corrected chi connectivity index (χ3v) is 1.98. The highest BCUT2D eigenvalue weighted by Crippen LogP contribution is 2.27. The molecule has 2 nitrogen and oxygen atoms in total. The van der Waals surface area contributed by atoms with Crippen molar-refractivity contribution in [2.45, 2.75) is 6.18 Å². The van der Waals surface area contributed by atoms with E-state index < -0.39 is 17.5 Å². The maximum atomic E-state index is 12.1. The maximum Gasteiger partial charge on any atom is 0.455 e. The summed E-state index contributed by atoms with van der Waals surface area (Å²) in [4.78, 5) is 11.0. The van der Waals surface area contributed by atoms with Crippen LogP contribution >= 0.6 is 0 Å². The summed E-state index contributed by atoms with van der Waals surface area (Å²) in [5, 5.41) is 0.180. The van der Waals surface area contributed by atoms with Crippen LogP contribution in [0.2, 0.25) is 0 Å². The van der Waals surface area contributed by atoms with E-state index in [-0.39, 0.29) is 11.0 Å². The van der Waals surface area contributed by atoms with Crippen LogP contribution in [0.5, 0.6) is 0 Å². The molecule has 0 aliphatic heterocycles. The Morgan fingerprint density at radius 2 is 1.87 bits per heavy atom. The molecule has 0 amide bonds. The summed E-state index contributed by atoms with van der Waals surface area (Å²) in [6, 6.07) is 6.08. The van der Waals surface area contributed by atoms with Crippen LogP contribution < -0.4 is 0 Å². The first kappa shape index (κ1) is 9.76. The number of fused-ring (bicyclic) bond motifs is 1. The number of carbonyl (C=O) groups excluding carboxylic acids is 1. The van der Waals surface area contributed by atoms with Gasteiger partial charge in [-0.05, 0) is 6.07 Å². The van der Waals surface area contributed by atoms with Crippen molar-refractivity contribution < 1.29 is 22.4 Å². The Balaban J connectivity index is 2.58. The van der Waals surface area contributed by atoms with E-state index in [9.17, 15) is 18.0 Å². The van der Waals surface area contributed by atoms with Crippen molar-refractivity contribution in [1.29, 1.82) is 0 Å². The lowest BCUT2D eigenvalue weighted by Gasteiger charge is -2.02. The summed E-state index contributed by atoms with van der Waals surface area (Å²) < 4.78 is 41.3. The second-order valence-electron chi connectivity index (χ2n) is 2.97. The number of carbonyl (C=O) groups is 1. The van der Waals surface area contributed by atoms with Gasteiger partial charge >= 0.3 is 6.18 Å². The summed E-state index contributed by atoms with van der Waals surface area (Å²) in [5.74, 6) is -1.88. The molecule has 0 N–H and O–H groups in total. The Labute approximate surface area is 82.3 Å². The number of ketones is 1. The molecule has 0 radical (unpaired) electrons. The van der Waals surface area contributed by atoms with E-state index in [1.165, 1.54) is 12.1 Å². The minimum atomic E-state index is -4.87. The molecule has 0 aliphatic carbocycles. The Morgan fingerprint density at radius 1 is 1.20 bits per heavy atom. The average Bonchev–Trinajstić information content (AvgIpc) is 2.58. The molecule has 2 rings (SSSR count). The van der Waals surface area contributed by atoms with Gasteiger partial charge in [0.1, 0.15) is 11.8 Å². The third kappa shape index (κ3) is 1.60. The minimum absolute atomic E-state index is 0.180. The van der Waals surface area contributed by atoms with E-state index in [4.69, 9.17) is 4.42 Å². The van der Waals surface area contributed by atoms with Gasteiger partial charge in [0.05, 0.1) is 5.56 Å². The van der Waals surface area contributed by atoms with E-state index in [1.807, 2.05) is 0 Å². The zero-order valence-corrected chi connectivity index (χ0v) is 7.34. The SMILES string of the molecule is O=C(c1coc2ccccc12)C(F)(F)F. The second kappa shape index (κ2) is 3.12. The van der Waals surface area contributed by atoms with Gasteiger partial charge in [0.15, 0.2) is 0 Å². The van der Waals surface area contributed by atoms with Gasteiger partial charge in [-0.3, -0.25) is 4.79 Å². The van der Waals surface area contributed by atoms with E-state index in [1.54, 1.807) is 12.1 Å². The number of halogens is 3. The van der Waals surface area contributed by atoms with Crippen LogP contribution in [0.1, 0.15) is 10.4 Å². The Morgan fingerprint density at radius 3 is 2.53 bits per heavy atom. The van der Waals surface area contributed by atoms with Crippen LogP contribution in [-0.4, -0.2) is 12.0 Å². The Hall–Kier alpha value is -1.78. The number of furan rings is 1. The van der Waals surface area contributed by atoms with E-state index in [0.29, 0.717) is 0 Å². The molecular formula is C10H5F3O2. The Kier molecular flexibility index (Phi) is 2.03. The summed E-state index contributed by atoms with van der Waals surface area (Å²) in [7, 11) is 0. The number of para-hydroxylation sites is 1. The molecule has 1 heterocycles. The second-order valence-corrected chi connectivity index (χ2v) is 2.97. The van der Waals surface area contributed by atoms with Crippen LogP contribution in [0.3, 0.4) is 0 Å². The number of Topliss-reactive ketones (excluding diaryl/α,β-unsaturated/α-hetero) is 1. The van der Waals surface area contributed by atoms with E-state index in [2.05, 4.69) is 0 Å². The zero-order valence-electron chi connectivity index (χ0n) is 7.34. The molecule has 0 bridgehead atoms. The molecule has 0 saturated carbocycles. The van der Waals surface area contributed by atoms with Crippen molar-refractivity contribution in [3.63, 3.8) is 0 Å².